The van der Waals surface area contributed by atoms with Crippen LogP contribution >= 0.6 is 11.8 Å². The van der Waals surface area contributed by atoms with Gasteiger partial charge in [-0.3, -0.25) is 4.57 Å². The molecular formula is C14H8F4N4OS. The Bertz CT molecular complexity index is 869. The molecule has 0 unspecified atom stereocenters. The highest BCUT2D eigenvalue weighted by molar-refractivity contribution is 7.99. The van der Waals surface area contributed by atoms with Crippen molar-refractivity contribution in [2.75, 3.05) is 0 Å². The lowest BCUT2D eigenvalue weighted by molar-refractivity contribution is 0.383. The molecule has 0 fully saturated rings. The molecule has 124 valence electrons. The Morgan fingerprint density at radius 2 is 1.88 bits per heavy atom. The van der Waals surface area contributed by atoms with Crippen molar-refractivity contribution in [2.24, 2.45) is 0 Å². The topological polar surface area (TPSA) is 56.7 Å². The number of halogens is 4. The Morgan fingerprint density at radius 1 is 1.17 bits per heavy atom. The summed E-state index contributed by atoms with van der Waals surface area (Å²) < 4.78 is 60.6. The molecule has 10 heteroatoms. The lowest BCUT2D eigenvalue weighted by Crippen LogP contribution is -2.04. The number of hydrogen-bond donors (Lipinski definition) is 0. The van der Waals surface area contributed by atoms with Gasteiger partial charge in [0.25, 0.3) is 11.9 Å². The molecule has 0 aliphatic rings. The molecule has 5 nitrogen and oxygen atoms in total. The molecule has 0 radical (unpaired) electrons. The van der Waals surface area contributed by atoms with Crippen molar-refractivity contribution in [3.63, 3.8) is 0 Å². The molecule has 0 aliphatic heterocycles. The Morgan fingerprint density at radius 3 is 2.46 bits per heavy atom. The van der Waals surface area contributed by atoms with Crippen LogP contribution in [0.25, 0.3) is 11.6 Å². The van der Waals surface area contributed by atoms with Crippen LogP contribution in [0.3, 0.4) is 0 Å². The molecule has 24 heavy (non-hydrogen) atoms. The fourth-order valence-electron chi connectivity index (χ4n) is 1.89. The smallest absolute Gasteiger partial charge is 0.252 e. The maximum Gasteiger partial charge on any atom is 0.252 e. The van der Waals surface area contributed by atoms with E-state index in [0.717, 1.165) is 0 Å². The molecule has 0 amide bonds. The van der Waals surface area contributed by atoms with Gasteiger partial charge in [-0.25, -0.2) is 8.78 Å². The molecule has 3 aromatic rings. The van der Waals surface area contributed by atoms with Crippen LogP contribution in [0.5, 0.6) is 0 Å². The number of rotatable bonds is 5. The van der Waals surface area contributed by atoms with Gasteiger partial charge in [0.15, 0.2) is 22.6 Å². The first-order valence-electron chi connectivity index (χ1n) is 6.48. The van der Waals surface area contributed by atoms with Crippen molar-refractivity contribution in [3.8, 4) is 11.6 Å². The SMILES string of the molecule is C=CCn1c(Sc2c(F)c(F)nc(F)c2F)nnc1-c1ccco1. The summed E-state index contributed by atoms with van der Waals surface area (Å²) in [5.41, 5.74) is 0. The third-order valence-corrected chi connectivity index (χ3v) is 3.97. The van der Waals surface area contributed by atoms with Crippen LogP contribution in [-0.2, 0) is 6.54 Å². The van der Waals surface area contributed by atoms with E-state index in [4.69, 9.17) is 4.42 Å². The predicted octanol–water partition coefficient (Wildman–Crippen LogP) is 3.83. The second-order valence-corrected chi connectivity index (χ2v) is 5.41. The first kappa shape index (κ1) is 16.2. The largest absolute Gasteiger partial charge is 0.461 e. The van der Waals surface area contributed by atoms with Gasteiger partial charge in [-0.15, -0.1) is 16.8 Å². The van der Waals surface area contributed by atoms with Gasteiger partial charge in [-0.2, -0.15) is 13.8 Å². The number of hydrogen-bond acceptors (Lipinski definition) is 5. The van der Waals surface area contributed by atoms with Crippen LogP contribution in [0.4, 0.5) is 17.6 Å². The standard InChI is InChI=1S/C14H8F4N4OS/c1-2-5-22-13(7-4-3-6-23-7)20-21-14(22)24-10-8(15)11(17)19-12(18)9(10)16/h2-4,6H,1,5H2. The molecule has 0 aromatic carbocycles. The van der Waals surface area contributed by atoms with E-state index in [2.05, 4.69) is 21.8 Å². The van der Waals surface area contributed by atoms with Gasteiger partial charge in [0, 0.05) is 6.54 Å². The Balaban J connectivity index is 2.07. The minimum Gasteiger partial charge on any atom is -0.461 e. The van der Waals surface area contributed by atoms with E-state index in [1.54, 1.807) is 12.1 Å². The molecule has 0 spiro atoms. The molecular weight excluding hydrogens is 348 g/mol. The van der Waals surface area contributed by atoms with E-state index >= 15 is 0 Å². The van der Waals surface area contributed by atoms with Crippen LogP contribution < -0.4 is 0 Å². The zero-order chi connectivity index (χ0) is 17.3. The molecule has 0 saturated carbocycles. The zero-order valence-electron chi connectivity index (χ0n) is 11.8. The fourth-order valence-corrected chi connectivity index (χ4v) is 2.78. The predicted molar refractivity (Wildman–Crippen MR) is 76.1 cm³/mol. The van der Waals surface area contributed by atoms with Crippen molar-refractivity contribution in [2.45, 2.75) is 16.6 Å². The summed E-state index contributed by atoms with van der Waals surface area (Å²) in [6.45, 7) is 3.76. The minimum atomic E-state index is -1.74. The average Bonchev–Trinajstić information content (AvgIpc) is 3.20. The third kappa shape index (κ3) is 2.80. The maximum absolute atomic E-state index is 13.8. The van der Waals surface area contributed by atoms with Gasteiger partial charge < -0.3 is 4.42 Å². The van der Waals surface area contributed by atoms with Crippen molar-refractivity contribution in [1.82, 2.24) is 19.7 Å². The van der Waals surface area contributed by atoms with E-state index in [0.29, 0.717) is 17.5 Å². The molecule has 0 N–H and O–H groups in total. The molecule has 0 bridgehead atoms. The van der Waals surface area contributed by atoms with Crippen molar-refractivity contribution < 1.29 is 22.0 Å². The number of nitrogens with zero attached hydrogens (tertiary/aromatic N) is 4. The van der Waals surface area contributed by atoms with Crippen molar-refractivity contribution in [3.05, 3.63) is 54.6 Å². The summed E-state index contributed by atoms with van der Waals surface area (Å²) in [5.74, 6) is -6.05. The molecule has 3 rings (SSSR count). The highest BCUT2D eigenvalue weighted by Crippen LogP contribution is 2.34. The number of allylic oxidation sites excluding steroid dienone is 1. The normalized spacial score (nSPS) is 11.0. The van der Waals surface area contributed by atoms with Crippen LogP contribution in [-0.4, -0.2) is 19.7 Å². The first-order chi connectivity index (χ1) is 11.5. The second-order valence-electron chi connectivity index (χ2n) is 4.44. The van der Waals surface area contributed by atoms with Crippen molar-refractivity contribution >= 4 is 11.8 Å². The van der Waals surface area contributed by atoms with Gasteiger partial charge in [0.05, 0.1) is 11.2 Å². The zero-order valence-corrected chi connectivity index (χ0v) is 12.7. The quantitative estimate of drug-likeness (QED) is 0.395. The number of pyridine rings is 1. The highest BCUT2D eigenvalue weighted by Gasteiger charge is 2.25. The summed E-state index contributed by atoms with van der Waals surface area (Å²) in [7, 11) is 0. The van der Waals surface area contributed by atoms with E-state index in [1.165, 1.54) is 16.9 Å². The molecule has 0 saturated heterocycles. The Labute approximate surface area is 137 Å². The monoisotopic (exact) mass is 356 g/mol. The summed E-state index contributed by atoms with van der Waals surface area (Å²) in [4.78, 5) is 1.61. The van der Waals surface area contributed by atoms with Crippen LogP contribution in [0.1, 0.15) is 0 Å². The van der Waals surface area contributed by atoms with E-state index in [9.17, 15) is 17.6 Å². The molecule has 3 heterocycles. The molecule has 3 aromatic heterocycles. The summed E-state index contributed by atoms with van der Waals surface area (Å²) in [5, 5.41) is 7.68. The van der Waals surface area contributed by atoms with Gasteiger partial charge in [0.1, 0.15) is 0 Å². The van der Waals surface area contributed by atoms with E-state index in [-0.39, 0.29) is 17.5 Å². The maximum atomic E-state index is 13.8. The van der Waals surface area contributed by atoms with E-state index in [1.807, 2.05) is 0 Å². The van der Waals surface area contributed by atoms with Gasteiger partial charge in [0.2, 0.25) is 5.82 Å². The Kier molecular flexibility index (Phi) is 4.38. The van der Waals surface area contributed by atoms with Gasteiger partial charge in [-0.05, 0) is 23.9 Å². The van der Waals surface area contributed by atoms with Crippen molar-refractivity contribution in [1.29, 1.82) is 0 Å². The van der Waals surface area contributed by atoms with E-state index < -0.39 is 28.4 Å². The minimum absolute atomic E-state index is 0.00380. The fraction of sp³-hybridized carbons (Fsp3) is 0.0714. The second kappa shape index (κ2) is 6.48. The summed E-state index contributed by atoms with van der Waals surface area (Å²) in [6, 6.07) is 3.24. The first-order valence-corrected chi connectivity index (χ1v) is 7.30. The average molecular weight is 356 g/mol. The lowest BCUT2D eigenvalue weighted by atomic mass is 10.4. The van der Waals surface area contributed by atoms with Gasteiger partial charge in [-0.1, -0.05) is 6.08 Å². The van der Waals surface area contributed by atoms with Crippen LogP contribution in [0.15, 0.2) is 45.5 Å². The third-order valence-electron chi connectivity index (χ3n) is 2.92. The summed E-state index contributed by atoms with van der Waals surface area (Å²) >= 11 is 0.384. The Hall–Kier alpha value is -2.62. The lowest BCUT2D eigenvalue weighted by Gasteiger charge is -2.08. The van der Waals surface area contributed by atoms with Crippen LogP contribution in [0.2, 0.25) is 0 Å². The number of furan rings is 1. The van der Waals surface area contributed by atoms with Gasteiger partial charge >= 0.3 is 0 Å². The summed E-state index contributed by atoms with van der Waals surface area (Å²) in [6.07, 6.45) is 2.92. The van der Waals surface area contributed by atoms with Crippen LogP contribution in [0, 0.1) is 23.5 Å². The molecule has 0 aliphatic carbocycles. The number of aromatic nitrogens is 4. The highest BCUT2D eigenvalue weighted by atomic mass is 32.2. The molecule has 0 atom stereocenters.